The summed E-state index contributed by atoms with van der Waals surface area (Å²) in [5, 5.41) is 7.07. The highest BCUT2D eigenvalue weighted by Crippen LogP contribution is 2.11. The molecule has 4 nitrogen and oxygen atoms in total. The van der Waals surface area contributed by atoms with Gasteiger partial charge in [0.25, 0.3) is 0 Å². The van der Waals surface area contributed by atoms with Crippen LogP contribution >= 0.6 is 0 Å². The standard InChI is InChI=1S/C8H17N3O/c1-12-7-2-4-11(6-7)5-3-8(9)10/h7H,2-6H2,1H3,(H3,9,10). The molecule has 12 heavy (non-hydrogen) atoms. The molecular weight excluding hydrogens is 154 g/mol. The zero-order valence-electron chi connectivity index (χ0n) is 7.55. The maximum Gasteiger partial charge on any atom is 0.0918 e. The second kappa shape index (κ2) is 4.42. The maximum atomic E-state index is 7.07. The topological polar surface area (TPSA) is 62.3 Å². The number of amidine groups is 1. The number of ether oxygens (including phenoxy) is 1. The SMILES string of the molecule is COC1CCN(CCC(=N)N)C1. The van der Waals surface area contributed by atoms with Gasteiger partial charge in [-0.15, -0.1) is 0 Å². The van der Waals surface area contributed by atoms with E-state index in [4.69, 9.17) is 15.9 Å². The zero-order valence-corrected chi connectivity index (χ0v) is 7.55. The second-order valence-corrected chi connectivity index (χ2v) is 3.22. The quantitative estimate of drug-likeness (QED) is 0.463. The molecule has 0 radical (unpaired) electrons. The fraction of sp³-hybridized carbons (Fsp3) is 0.875. The molecule has 0 spiro atoms. The van der Waals surface area contributed by atoms with Gasteiger partial charge in [-0.05, 0) is 6.42 Å². The summed E-state index contributed by atoms with van der Waals surface area (Å²) in [5.74, 6) is 0.274. The lowest BCUT2D eigenvalue weighted by molar-refractivity contribution is 0.108. The lowest BCUT2D eigenvalue weighted by Gasteiger charge is -2.14. The van der Waals surface area contributed by atoms with E-state index in [0.29, 0.717) is 12.5 Å². The highest BCUT2D eigenvalue weighted by molar-refractivity contribution is 5.76. The van der Waals surface area contributed by atoms with Crippen LogP contribution in [0.5, 0.6) is 0 Å². The second-order valence-electron chi connectivity index (χ2n) is 3.22. The molecule has 0 aromatic heterocycles. The average Bonchev–Trinajstić information content (AvgIpc) is 2.48. The molecule has 3 N–H and O–H groups in total. The number of nitrogens with one attached hydrogen (secondary N) is 1. The van der Waals surface area contributed by atoms with Crippen molar-refractivity contribution in [3.63, 3.8) is 0 Å². The molecule has 1 aliphatic rings. The van der Waals surface area contributed by atoms with E-state index in [9.17, 15) is 0 Å². The smallest absolute Gasteiger partial charge is 0.0918 e. The molecule has 0 saturated carbocycles. The van der Waals surface area contributed by atoms with Crippen molar-refractivity contribution in [2.24, 2.45) is 5.73 Å². The van der Waals surface area contributed by atoms with Crippen molar-refractivity contribution in [1.82, 2.24) is 4.90 Å². The normalized spacial score (nSPS) is 24.6. The molecule has 1 saturated heterocycles. The number of nitrogens with zero attached hydrogens (tertiary/aromatic N) is 1. The van der Waals surface area contributed by atoms with Crippen molar-refractivity contribution in [3.8, 4) is 0 Å². The largest absolute Gasteiger partial charge is 0.388 e. The monoisotopic (exact) mass is 171 g/mol. The number of hydrogen-bond donors (Lipinski definition) is 2. The van der Waals surface area contributed by atoms with Gasteiger partial charge in [0.1, 0.15) is 0 Å². The van der Waals surface area contributed by atoms with E-state index in [2.05, 4.69) is 4.90 Å². The molecule has 0 aromatic rings. The van der Waals surface area contributed by atoms with Gasteiger partial charge < -0.3 is 15.4 Å². The van der Waals surface area contributed by atoms with Crippen LogP contribution in [0.1, 0.15) is 12.8 Å². The Morgan fingerprint density at radius 1 is 1.75 bits per heavy atom. The third kappa shape index (κ3) is 2.79. The van der Waals surface area contributed by atoms with Crippen LogP contribution in [0.3, 0.4) is 0 Å². The van der Waals surface area contributed by atoms with Gasteiger partial charge in [0.2, 0.25) is 0 Å². The molecule has 1 fully saturated rings. The fourth-order valence-electron chi connectivity index (χ4n) is 1.47. The van der Waals surface area contributed by atoms with Gasteiger partial charge >= 0.3 is 0 Å². The summed E-state index contributed by atoms with van der Waals surface area (Å²) >= 11 is 0. The first kappa shape index (κ1) is 9.48. The van der Waals surface area contributed by atoms with Gasteiger partial charge in [-0.25, -0.2) is 0 Å². The van der Waals surface area contributed by atoms with Gasteiger partial charge in [0.05, 0.1) is 11.9 Å². The van der Waals surface area contributed by atoms with Crippen molar-refractivity contribution in [2.75, 3.05) is 26.7 Å². The molecule has 1 aliphatic heterocycles. The Hall–Kier alpha value is -0.610. The van der Waals surface area contributed by atoms with Crippen LogP contribution in [0.4, 0.5) is 0 Å². The fourth-order valence-corrected chi connectivity index (χ4v) is 1.47. The molecular formula is C8H17N3O. The van der Waals surface area contributed by atoms with Crippen LogP contribution in [-0.2, 0) is 4.74 Å². The summed E-state index contributed by atoms with van der Waals surface area (Å²) < 4.78 is 5.22. The third-order valence-corrected chi connectivity index (χ3v) is 2.26. The van der Waals surface area contributed by atoms with E-state index in [1.807, 2.05) is 0 Å². The summed E-state index contributed by atoms with van der Waals surface area (Å²) in [6.07, 6.45) is 2.17. The Kier molecular flexibility index (Phi) is 3.49. The molecule has 0 amide bonds. The van der Waals surface area contributed by atoms with Gasteiger partial charge in [0.15, 0.2) is 0 Å². The van der Waals surface area contributed by atoms with E-state index in [1.165, 1.54) is 0 Å². The molecule has 1 heterocycles. The van der Waals surface area contributed by atoms with Crippen LogP contribution in [0.25, 0.3) is 0 Å². The zero-order chi connectivity index (χ0) is 8.97. The summed E-state index contributed by atoms with van der Waals surface area (Å²) in [6, 6.07) is 0. The minimum absolute atomic E-state index is 0.274. The lowest BCUT2D eigenvalue weighted by atomic mass is 10.3. The van der Waals surface area contributed by atoms with Gasteiger partial charge in [0, 0.05) is 33.2 Å². The van der Waals surface area contributed by atoms with E-state index in [0.717, 1.165) is 26.1 Å². The number of methoxy groups -OCH3 is 1. The molecule has 1 rings (SSSR count). The van der Waals surface area contributed by atoms with Crippen molar-refractivity contribution >= 4 is 5.84 Å². The molecule has 1 atom stereocenters. The minimum Gasteiger partial charge on any atom is -0.388 e. The molecule has 0 aromatic carbocycles. The summed E-state index contributed by atoms with van der Waals surface area (Å²) in [6.45, 7) is 2.96. The van der Waals surface area contributed by atoms with Crippen LogP contribution < -0.4 is 5.73 Å². The first-order valence-corrected chi connectivity index (χ1v) is 4.30. The van der Waals surface area contributed by atoms with Crippen molar-refractivity contribution in [1.29, 1.82) is 5.41 Å². The van der Waals surface area contributed by atoms with Crippen molar-refractivity contribution < 1.29 is 4.74 Å². The first-order valence-electron chi connectivity index (χ1n) is 4.30. The lowest BCUT2D eigenvalue weighted by Crippen LogP contribution is -2.27. The average molecular weight is 171 g/mol. The molecule has 0 bridgehead atoms. The summed E-state index contributed by atoms with van der Waals surface area (Å²) in [7, 11) is 1.75. The van der Waals surface area contributed by atoms with E-state index in [-0.39, 0.29) is 5.84 Å². The number of hydrogen-bond acceptors (Lipinski definition) is 3. The Morgan fingerprint density at radius 2 is 2.50 bits per heavy atom. The van der Waals surface area contributed by atoms with Gasteiger partial charge in [-0.1, -0.05) is 0 Å². The number of likely N-dealkylation sites (tertiary alicyclic amines) is 1. The molecule has 0 aliphatic carbocycles. The van der Waals surface area contributed by atoms with E-state index < -0.39 is 0 Å². The van der Waals surface area contributed by atoms with Crippen LogP contribution in [0.2, 0.25) is 0 Å². The Balaban J connectivity index is 2.15. The highest BCUT2D eigenvalue weighted by atomic mass is 16.5. The number of nitrogens with two attached hydrogens (primary N) is 1. The number of rotatable bonds is 4. The Morgan fingerprint density at radius 3 is 3.00 bits per heavy atom. The highest BCUT2D eigenvalue weighted by Gasteiger charge is 2.21. The Labute approximate surface area is 73.2 Å². The predicted octanol–water partition coefficient (Wildman–Crippen LogP) is 0.0332. The summed E-state index contributed by atoms with van der Waals surface area (Å²) in [4.78, 5) is 2.29. The maximum absolute atomic E-state index is 7.07. The first-order chi connectivity index (χ1) is 5.72. The third-order valence-electron chi connectivity index (χ3n) is 2.26. The molecule has 1 unspecified atom stereocenters. The summed E-state index contributed by atoms with van der Waals surface area (Å²) in [5.41, 5.74) is 5.26. The van der Waals surface area contributed by atoms with E-state index in [1.54, 1.807) is 7.11 Å². The van der Waals surface area contributed by atoms with Crippen molar-refractivity contribution in [3.05, 3.63) is 0 Å². The van der Waals surface area contributed by atoms with E-state index >= 15 is 0 Å². The Bertz CT molecular complexity index is 160. The van der Waals surface area contributed by atoms with Gasteiger partial charge in [-0.3, -0.25) is 5.41 Å². The van der Waals surface area contributed by atoms with Crippen LogP contribution in [-0.4, -0.2) is 43.6 Å². The minimum atomic E-state index is 0.274. The predicted molar refractivity (Wildman–Crippen MR) is 48.4 cm³/mol. The van der Waals surface area contributed by atoms with Gasteiger partial charge in [-0.2, -0.15) is 0 Å². The van der Waals surface area contributed by atoms with Crippen LogP contribution in [0.15, 0.2) is 0 Å². The molecule has 4 heteroatoms. The molecule has 70 valence electrons. The van der Waals surface area contributed by atoms with Crippen LogP contribution in [0, 0.1) is 5.41 Å². The van der Waals surface area contributed by atoms with Crippen molar-refractivity contribution in [2.45, 2.75) is 18.9 Å².